The van der Waals surface area contributed by atoms with Crippen molar-refractivity contribution in [1.29, 1.82) is 0 Å². The molecule has 1 heterocycles. The van der Waals surface area contributed by atoms with Crippen LogP contribution >= 0.6 is 23.2 Å². The van der Waals surface area contributed by atoms with E-state index in [1.165, 1.54) is 0 Å². The first kappa shape index (κ1) is 11.3. The summed E-state index contributed by atoms with van der Waals surface area (Å²) in [6, 6.07) is 6.99. The number of hydrogen-bond acceptors (Lipinski definition) is 2. The van der Waals surface area contributed by atoms with Crippen LogP contribution in [0.1, 0.15) is 18.7 Å². The maximum atomic E-state index is 6.00. The van der Waals surface area contributed by atoms with Crippen molar-refractivity contribution >= 4 is 23.2 Å². The molecule has 0 radical (unpaired) electrons. The Morgan fingerprint density at radius 2 is 2.12 bits per heavy atom. The fraction of sp³-hybridized carbons (Fsp3) is 0.182. The molecule has 0 amide bonds. The van der Waals surface area contributed by atoms with Gasteiger partial charge >= 0.3 is 0 Å². The van der Waals surface area contributed by atoms with E-state index >= 15 is 0 Å². The van der Waals surface area contributed by atoms with Crippen LogP contribution in [0, 0.1) is 0 Å². The number of rotatable bonds is 3. The van der Waals surface area contributed by atoms with Crippen molar-refractivity contribution in [2.24, 2.45) is 0 Å². The third kappa shape index (κ3) is 2.49. The molecule has 0 fully saturated rings. The van der Waals surface area contributed by atoms with Gasteiger partial charge in [0.1, 0.15) is 11.9 Å². The Hall–Kier alpha value is -1.19. The van der Waals surface area contributed by atoms with Gasteiger partial charge in [0.05, 0.1) is 10.7 Å². The predicted octanol–water partition coefficient (Wildman–Crippen LogP) is 3.86. The molecule has 2 aromatic rings. The minimum absolute atomic E-state index is 0.138. The topological polar surface area (TPSA) is 37.9 Å². The van der Waals surface area contributed by atoms with Crippen LogP contribution in [0.4, 0.5) is 0 Å². The van der Waals surface area contributed by atoms with Crippen LogP contribution < -0.4 is 4.74 Å². The fourth-order valence-electron chi connectivity index (χ4n) is 1.32. The van der Waals surface area contributed by atoms with Crippen molar-refractivity contribution in [2.75, 3.05) is 0 Å². The molecule has 1 N–H and O–H groups in total. The molecule has 0 aliphatic heterocycles. The summed E-state index contributed by atoms with van der Waals surface area (Å²) in [5.41, 5.74) is 0.894. The van der Waals surface area contributed by atoms with Crippen molar-refractivity contribution in [1.82, 2.24) is 10.2 Å². The van der Waals surface area contributed by atoms with Crippen LogP contribution in [-0.2, 0) is 0 Å². The van der Waals surface area contributed by atoms with Crippen LogP contribution in [0.15, 0.2) is 30.5 Å². The molecule has 0 spiro atoms. The normalized spacial score (nSPS) is 12.4. The zero-order chi connectivity index (χ0) is 11.5. The Bertz CT molecular complexity index is 471. The number of ether oxygens (including phenoxy) is 1. The van der Waals surface area contributed by atoms with E-state index in [0.29, 0.717) is 15.8 Å². The number of nitrogens with zero attached hydrogens (tertiary/aromatic N) is 1. The first-order valence-electron chi connectivity index (χ1n) is 4.78. The lowest BCUT2D eigenvalue weighted by atomic mass is 10.3. The molecule has 16 heavy (non-hydrogen) atoms. The van der Waals surface area contributed by atoms with Crippen LogP contribution in [-0.4, -0.2) is 10.2 Å². The summed E-state index contributed by atoms with van der Waals surface area (Å²) >= 11 is 11.8. The third-order valence-corrected chi connectivity index (χ3v) is 2.69. The van der Waals surface area contributed by atoms with E-state index in [1.54, 1.807) is 24.4 Å². The monoisotopic (exact) mass is 256 g/mol. The zero-order valence-electron chi connectivity index (χ0n) is 8.58. The van der Waals surface area contributed by atoms with Crippen molar-refractivity contribution < 1.29 is 4.74 Å². The van der Waals surface area contributed by atoms with Crippen LogP contribution in [0.5, 0.6) is 5.75 Å². The van der Waals surface area contributed by atoms with Crippen molar-refractivity contribution in [3.05, 3.63) is 46.2 Å². The highest BCUT2D eigenvalue weighted by atomic mass is 35.5. The molecule has 0 saturated carbocycles. The molecular weight excluding hydrogens is 247 g/mol. The van der Waals surface area contributed by atoms with Gasteiger partial charge < -0.3 is 4.74 Å². The van der Waals surface area contributed by atoms with E-state index < -0.39 is 0 Å². The number of aromatic nitrogens is 2. The number of aromatic amines is 1. The number of H-pyrrole nitrogens is 1. The van der Waals surface area contributed by atoms with Crippen LogP contribution in [0.3, 0.4) is 0 Å². The van der Waals surface area contributed by atoms with Gasteiger partial charge in [-0.25, -0.2) is 0 Å². The van der Waals surface area contributed by atoms with Crippen molar-refractivity contribution in [2.45, 2.75) is 13.0 Å². The molecule has 2 rings (SSSR count). The highest BCUT2D eigenvalue weighted by Gasteiger charge is 2.10. The quantitative estimate of drug-likeness (QED) is 0.906. The van der Waals surface area contributed by atoms with Gasteiger partial charge in [0.2, 0.25) is 0 Å². The van der Waals surface area contributed by atoms with Crippen LogP contribution in [0.25, 0.3) is 0 Å². The Morgan fingerprint density at radius 1 is 1.31 bits per heavy atom. The molecule has 1 aromatic heterocycles. The summed E-state index contributed by atoms with van der Waals surface area (Å²) in [4.78, 5) is 0. The Morgan fingerprint density at radius 3 is 2.75 bits per heavy atom. The van der Waals surface area contributed by atoms with Crippen LogP contribution in [0.2, 0.25) is 10.0 Å². The second-order valence-corrected chi connectivity index (χ2v) is 4.19. The average Bonchev–Trinajstić information content (AvgIpc) is 2.75. The summed E-state index contributed by atoms with van der Waals surface area (Å²) in [6.07, 6.45) is 1.54. The van der Waals surface area contributed by atoms with Gasteiger partial charge in [-0.05, 0) is 31.2 Å². The first-order valence-corrected chi connectivity index (χ1v) is 5.53. The molecule has 0 unspecified atom stereocenters. The van der Waals surface area contributed by atoms with E-state index in [-0.39, 0.29) is 6.10 Å². The molecule has 0 aliphatic carbocycles. The summed E-state index contributed by atoms with van der Waals surface area (Å²) in [5, 5.41) is 7.79. The fourth-order valence-corrected chi connectivity index (χ4v) is 1.77. The largest absolute Gasteiger partial charge is 0.483 e. The minimum atomic E-state index is -0.138. The predicted molar refractivity (Wildman–Crippen MR) is 64.1 cm³/mol. The molecule has 84 valence electrons. The molecule has 3 nitrogen and oxygen atoms in total. The highest BCUT2D eigenvalue weighted by Crippen LogP contribution is 2.30. The molecule has 0 saturated heterocycles. The summed E-state index contributed by atoms with van der Waals surface area (Å²) in [6.45, 7) is 1.92. The standard InChI is InChI=1S/C11H10Cl2N2O/c1-7(10-4-5-14-15-10)16-11-3-2-8(12)6-9(11)13/h2-7H,1H3,(H,14,15)/t7-/m1/s1. The van der Waals surface area contributed by atoms with Gasteiger partial charge in [-0.15, -0.1) is 0 Å². The van der Waals surface area contributed by atoms with Gasteiger partial charge in [0, 0.05) is 11.2 Å². The number of benzene rings is 1. The molecular formula is C11H10Cl2N2O. The molecule has 0 aliphatic rings. The van der Waals surface area contributed by atoms with E-state index in [1.807, 2.05) is 13.0 Å². The van der Waals surface area contributed by atoms with E-state index in [9.17, 15) is 0 Å². The highest BCUT2D eigenvalue weighted by molar-refractivity contribution is 6.35. The van der Waals surface area contributed by atoms with E-state index in [4.69, 9.17) is 27.9 Å². The number of nitrogens with one attached hydrogen (secondary N) is 1. The molecule has 1 aromatic carbocycles. The SMILES string of the molecule is C[C@@H](Oc1ccc(Cl)cc1Cl)c1ccn[nH]1. The zero-order valence-corrected chi connectivity index (χ0v) is 10.1. The van der Waals surface area contributed by atoms with E-state index in [0.717, 1.165) is 5.69 Å². The second-order valence-electron chi connectivity index (χ2n) is 3.35. The van der Waals surface area contributed by atoms with E-state index in [2.05, 4.69) is 10.2 Å². The van der Waals surface area contributed by atoms with Crippen molar-refractivity contribution in [3.8, 4) is 5.75 Å². The lowest BCUT2D eigenvalue weighted by Gasteiger charge is -2.14. The van der Waals surface area contributed by atoms with Gasteiger partial charge in [-0.2, -0.15) is 5.10 Å². The summed E-state index contributed by atoms with van der Waals surface area (Å²) in [5.74, 6) is 0.605. The Kier molecular flexibility index (Phi) is 3.36. The molecule has 1 atom stereocenters. The summed E-state index contributed by atoms with van der Waals surface area (Å²) < 4.78 is 5.68. The van der Waals surface area contributed by atoms with Gasteiger partial charge in [0.25, 0.3) is 0 Å². The Balaban J connectivity index is 2.15. The number of halogens is 2. The average molecular weight is 257 g/mol. The summed E-state index contributed by atoms with van der Waals surface area (Å²) in [7, 11) is 0. The van der Waals surface area contributed by atoms with Gasteiger partial charge in [0.15, 0.2) is 0 Å². The third-order valence-electron chi connectivity index (χ3n) is 2.16. The van der Waals surface area contributed by atoms with Gasteiger partial charge in [-0.3, -0.25) is 5.10 Å². The lowest BCUT2D eigenvalue weighted by molar-refractivity contribution is 0.222. The molecule has 5 heteroatoms. The van der Waals surface area contributed by atoms with Gasteiger partial charge in [-0.1, -0.05) is 23.2 Å². The second kappa shape index (κ2) is 4.76. The number of hydrogen-bond donors (Lipinski definition) is 1. The lowest BCUT2D eigenvalue weighted by Crippen LogP contribution is -2.03. The smallest absolute Gasteiger partial charge is 0.139 e. The maximum Gasteiger partial charge on any atom is 0.139 e. The first-order chi connectivity index (χ1) is 7.66. The van der Waals surface area contributed by atoms with Crippen molar-refractivity contribution in [3.63, 3.8) is 0 Å². The minimum Gasteiger partial charge on any atom is -0.483 e. The molecule has 0 bridgehead atoms. The Labute approximate surface area is 103 Å². The maximum absolute atomic E-state index is 6.00.